The molecular weight excluding hydrogens is 339 g/mol. The van der Waals surface area contributed by atoms with Crippen molar-refractivity contribution in [2.24, 2.45) is 0 Å². The summed E-state index contributed by atoms with van der Waals surface area (Å²) >= 11 is 0. The molecule has 0 atom stereocenters. The number of benzene rings is 2. The lowest BCUT2D eigenvalue weighted by atomic mass is 10.0. The SMILES string of the molecule is Cc1ccc(-n2nc(-c3ccc(C(F)(F)F)cc3)c3c2NCC3)cc1C. The van der Waals surface area contributed by atoms with Gasteiger partial charge in [-0.15, -0.1) is 0 Å². The van der Waals surface area contributed by atoms with Crippen LogP contribution < -0.4 is 5.32 Å². The Morgan fingerprint density at radius 2 is 1.73 bits per heavy atom. The summed E-state index contributed by atoms with van der Waals surface area (Å²) in [6.07, 6.45) is -3.53. The van der Waals surface area contributed by atoms with Gasteiger partial charge in [0.1, 0.15) is 5.82 Å². The Balaban J connectivity index is 1.80. The summed E-state index contributed by atoms with van der Waals surface area (Å²) in [7, 11) is 0. The summed E-state index contributed by atoms with van der Waals surface area (Å²) in [4.78, 5) is 0. The minimum Gasteiger partial charge on any atom is -0.369 e. The van der Waals surface area contributed by atoms with Gasteiger partial charge in [-0.05, 0) is 55.7 Å². The highest BCUT2D eigenvalue weighted by molar-refractivity contribution is 5.73. The second-order valence-corrected chi connectivity index (χ2v) is 6.61. The number of aryl methyl sites for hydroxylation is 2. The lowest BCUT2D eigenvalue weighted by Gasteiger charge is -2.09. The van der Waals surface area contributed by atoms with Crippen LogP contribution in [0.5, 0.6) is 0 Å². The molecule has 0 unspecified atom stereocenters. The van der Waals surface area contributed by atoms with Crippen molar-refractivity contribution in [3.8, 4) is 16.9 Å². The number of alkyl halides is 3. The van der Waals surface area contributed by atoms with E-state index in [1.54, 1.807) is 0 Å². The number of nitrogens with zero attached hydrogens (tertiary/aromatic N) is 2. The van der Waals surface area contributed by atoms with E-state index in [2.05, 4.69) is 18.3 Å². The predicted molar refractivity (Wildman–Crippen MR) is 95.7 cm³/mol. The Labute approximate surface area is 149 Å². The average molecular weight is 357 g/mol. The zero-order valence-corrected chi connectivity index (χ0v) is 14.5. The fraction of sp³-hybridized carbons (Fsp3) is 0.250. The molecule has 0 saturated carbocycles. The highest BCUT2D eigenvalue weighted by Gasteiger charge is 2.30. The van der Waals surface area contributed by atoms with E-state index in [0.29, 0.717) is 5.56 Å². The van der Waals surface area contributed by atoms with Gasteiger partial charge in [0, 0.05) is 17.7 Å². The number of anilines is 1. The number of rotatable bonds is 2. The molecule has 0 saturated heterocycles. The third-order valence-electron chi connectivity index (χ3n) is 4.87. The minimum atomic E-state index is -4.33. The molecule has 3 aromatic rings. The van der Waals surface area contributed by atoms with E-state index in [1.165, 1.54) is 23.3 Å². The largest absolute Gasteiger partial charge is 0.416 e. The van der Waals surface area contributed by atoms with Gasteiger partial charge in [0.05, 0.1) is 16.9 Å². The van der Waals surface area contributed by atoms with Crippen LogP contribution in [0.25, 0.3) is 16.9 Å². The molecule has 0 fully saturated rings. The Bertz CT molecular complexity index is 969. The van der Waals surface area contributed by atoms with Crippen molar-refractivity contribution in [2.45, 2.75) is 26.4 Å². The molecule has 1 N–H and O–H groups in total. The highest BCUT2D eigenvalue weighted by Crippen LogP contribution is 2.36. The summed E-state index contributed by atoms with van der Waals surface area (Å²) in [6, 6.07) is 11.3. The van der Waals surface area contributed by atoms with Gasteiger partial charge in [0.2, 0.25) is 0 Å². The minimum absolute atomic E-state index is 0.649. The molecule has 1 aromatic heterocycles. The first-order valence-corrected chi connectivity index (χ1v) is 8.45. The maximum Gasteiger partial charge on any atom is 0.416 e. The Kier molecular flexibility index (Phi) is 3.79. The fourth-order valence-corrected chi connectivity index (χ4v) is 3.27. The summed E-state index contributed by atoms with van der Waals surface area (Å²) < 4.78 is 40.3. The van der Waals surface area contributed by atoms with E-state index in [0.717, 1.165) is 47.9 Å². The number of halogens is 3. The number of hydrogen-bond acceptors (Lipinski definition) is 2. The molecule has 0 aliphatic carbocycles. The third kappa shape index (κ3) is 2.75. The van der Waals surface area contributed by atoms with Crippen LogP contribution in [0.4, 0.5) is 19.0 Å². The van der Waals surface area contributed by atoms with Crippen molar-refractivity contribution < 1.29 is 13.2 Å². The summed E-state index contributed by atoms with van der Waals surface area (Å²) in [5, 5.41) is 8.06. The molecule has 2 heterocycles. The summed E-state index contributed by atoms with van der Waals surface area (Å²) in [6.45, 7) is 4.90. The van der Waals surface area contributed by atoms with Crippen LogP contribution in [0.15, 0.2) is 42.5 Å². The number of aromatic nitrogens is 2. The van der Waals surface area contributed by atoms with Crippen molar-refractivity contribution in [1.29, 1.82) is 0 Å². The Morgan fingerprint density at radius 3 is 2.38 bits per heavy atom. The maximum absolute atomic E-state index is 12.8. The van der Waals surface area contributed by atoms with Crippen molar-refractivity contribution >= 4 is 5.82 Å². The molecule has 0 spiro atoms. The van der Waals surface area contributed by atoms with E-state index in [4.69, 9.17) is 5.10 Å². The zero-order valence-electron chi connectivity index (χ0n) is 14.5. The standard InChI is InChI=1S/C20H18F3N3/c1-12-3-8-16(11-13(12)2)26-19-17(9-10-24-19)18(25-26)14-4-6-15(7-5-14)20(21,22)23/h3-8,11,24H,9-10H2,1-2H3. The summed E-state index contributed by atoms with van der Waals surface area (Å²) in [5.74, 6) is 0.920. The second kappa shape index (κ2) is 5.90. The van der Waals surface area contributed by atoms with E-state index < -0.39 is 11.7 Å². The van der Waals surface area contributed by atoms with Crippen LogP contribution in [-0.2, 0) is 12.6 Å². The zero-order chi connectivity index (χ0) is 18.5. The average Bonchev–Trinajstić information content (AvgIpc) is 3.19. The van der Waals surface area contributed by atoms with Crippen LogP contribution >= 0.6 is 0 Å². The molecular formula is C20H18F3N3. The third-order valence-corrected chi connectivity index (χ3v) is 4.87. The lowest BCUT2D eigenvalue weighted by Crippen LogP contribution is -2.05. The molecule has 6 heteroatoms. The highest BCUT2D eigenvalue weighted by atomic mass is 19.4. The fourth-order valence-electron chi connectivity index (χ4n) is 3.27. The molecule has 0 amide bonds. The smallest absolute Gasteiger partial charge is 0.369 e. The van der Waals surface area contributed by atoms with Gasteiger partial charge in [0.25, 0.3) is 0 Å². The molecule has 1 aliphatic heterocycles. The summed E-state index contributed by atoms with van der Waals surface area (Å²) in [5.41, 5.74) is 5.14. The Morgan fingerprint density at radius 1 is 1.00 bits per heavy atom. The molecule has 4 rings (SSSR count). The number of hydrogen-bond donors (Lipinski definition) is 1. The van der Waals surface area contributed by atoms with Crippen molar-refractivity contribution in [1.82, 2.24) is 9.78 Å². The quantitative estimate of drug-likeness (QED) is 0.688. The van der Waals surface area contributed by atoms with Gasteiger partial charge >= 0.3 is 6.18 Å². The Hall–Kier alpha value is -2.76. The predicted octanol–water partition coefficient (Wildman–Crippen LogP) is 5.14. The molecule has 3 nitrogen and oxygen atoms in total. The number of nitrogens with one attached hydrogen (secondary N) is 1. The van der Waals surface area contributed by atoms with Gasteiger partial charge in [-0.2, -0.15) is 18.3 Å². The van der Waals surface area contributed by atoms with Crippen molar-refractivity contribution in [3.63, 3.8) is 0 Å². The lowest BCUT2D eigenvalue weighted by molar-refractivity contribution is -0.137. The molecule has 134 valence electrons. The molecule has 0 radical (unpaired) electrons. The molecule has 26 heavy (non-hydrogen) atoms. The van der Waals surface area contributed by atoms with E-state index in [9.17, 15) is 13.2 Å². The monoisotopic (exact) mass is 357 g/mol. The van der Waals surface area contributed by atoms with Crippen LogP contribution in [0.2, 0.25) is 0 Å². The van der Waals surface area contributed by atoms with Gasteiger partial charge in [-0.25, -0.2) is 4.68 Å². The van der Waals surface area contributed by atoms with Crippen molar-refractivity contribution in [3.05, 3.63) is 64.7 Å². The maximum atomic E-state index is 12.8. The first kappa shape index (κ1) is 16.7. The first-order chi connectivity index (χ1) is 12.3. The first-order valence-electron chi connectivity index (χ1n) is 8.45. The van der Waals surface area contributed by atoms with Crippen LogP contribution in [-0.4, -0.2) is 16.3 Å². The van der Waals surface area contributed by atoms with Gasteiger partial charge in [-0.1, -0.05) is 18.2 Å². The normalized spacial score (nSPS) is 13.6. The molecule has 2 aromatic carbocycles. The van der Waals surface area contributed by atoms with E-state index >= 15 is 0 Å². The van der Waals surface area contributed by atoms with Gasteiger partial charge in [0.15, 0.2) is 0 Å². The topological polar surface area (TPSA) is 29.9 Å². The van der Waals surface area contributed by atoms with Crippen LogP contribution in [0.1, 0.15) is 22.3 Å². The van der Waals surface area contributed by atoms with Crippen LogP contribution in [0, 0.1) is 13.8 Å². The van der Waals surface area contributed by atoms with Gasteiger partial charge < -0.3 is 5.32 Å². The van der Waals surface area contributed by atoms with E-state index in [1.807, 2.05) is 23.7 Å². The number of fused-ring (bicyclic) bond motifs is 1. The van der Waals surface area contributed by atoms with Gasteiger partial charge in [-0.3, -0.25) is 0 Å². The molecule has 1 aliphatic rings. The molecule has 0 bridgehead atoms. The van der Waals surface area contributed by atoms with E-state index in [-0.39, 0.29) is 0 Å². The second-order valence-electron chi connectivity index (χ2n) is 6.61. The van der Waals surface area contributed by atoms with Crippen LogP contribution in [0.3, 0.4) is 0 Å². The van der Waals surface area contributed by atoms with Crippen molar-refractivity contribution in [2.75, 3.05) is 11.9 Å².